The van der Waals surface area contributed by atoms with Crippen molar-refractivity contribution in [3.05, 3.63) is 69.2 Å². The van der Waals surface area contributed by atoms with E-state index in [1.165, 1.54) is 0 Å². The highest BCUT2D eigenvalue weighted by Crippen LogP contribution is 2.46. The lowest BCUT2D eigenvalue weighted by molar-refractivity contribution is -0.136. The van der Waals surface area contributed by atoms with E-state index in [-0.39, 0.29) is 11.9 Å². The summed E-state index contributed by atoms with van der Waals surface area (Å²) in [5.41, 5.74) is 3.67. The maximum Gasteiger partial charge on any atom is 0.237 e. The zero-order chi connectivity index (χ0) is 24.0. The van der Waals surface area contributed by atoms with E-state index in [9.17, 15) is 4.79 Å². The predicted octanol–water partition coefficient (Wildman–Crippen LogP) is 6.41. The van der Waals surface area contributed by atoms with Gasteiger partial charge in [0.2, 0.25) is 11.8 Å². The third kappa shape index (κ3) is 4.50. The van der Waals surface area contributed by atoms with E-state index in [1.807, 2.05) is 49.1 Å². The Morgan fingerprint density at radius 1 is 1.03 bits per heavy atom. The van der Waals surface area contributed by atoms with Gasteiger partial charge in [0.1, 0.15) is 5.60 Å². The van der Waals surface area contributed by atoms with Gasteiger partial charge in [0.25, 0.3) is 0 Å². The van der Waals surface area contributed by atoms with Crippen LogP contribution >= 0.6 is 34.8 Å². The molecular formula is C26H24Cl3N3O2. The molecule has 1 fully saturated rings. The summed E-state index contributed by atoms with van der Waals surface area (Å²) in [7, 11) is 0. The Bertz CT molecular complexity index is 1260. The van der Waals surface area contributed by atoms with E-state index in [0.29, 0.717) is 46.2 Å². The van der Waals surface area contributed by atoms with Crippen molar-refractivity contribution in [1.29, 1.82) is 0 Å². The standard InChI is InChI=1S/C26H24Cl3N3O2/c1-26(2)13-22(32-10-9-30-14-23(32)33)20-12-19(15-3-5-16(27)6-4-15)24(31-25(20)34-26)18-8-7-17(28)11-21(18)29/h3-8,11-12,22,30H,9-10,13-14H2,1-2H3. The Kier molecular flexibility index (Phi) is 6.23. The Balaban J connectivity index is 1.73. The lowest BCUT2D eigenvalue weighted by atomic mass is 9.87. The first kappa shape index (κ1) is 23.4. The van der Waals surface area contributed by atoms with Gasteiger partial charge in [-0.25, -0.2) is 4.98 Å². The molecule has 1 N–H and O–H groups in total. The van der Waals surface area contributed by atoms with Crippen LogP contribution in [0.1, 0.15) is 31.9 Å². The van der Waals surface area contributed by atoms with Crippen molar-refractivity contribution in [3.8, 4) is 28.3 Å². The minimum atomic E-state index is -0.487. The molecule has 2 aliphatic rings. The average molecular weight is 517 g/mol. The van der Waals surface area contributed by atoms with Crippen LogP contribution in [0.25, 0.3) is 22.4 Å². The van der Waals surface area contributed by atoms with E-state index in [0.717, 1.165) is 28.8 Å². The number of aromatic nitrogens is 1. The number of benzene rings is 2. The minimum Gasteiger partial charge on any atom is -0.471 e. The van der Waals surface area contributed by atoms with Crippen molar-refractivity contribution in [3.63, 3.8) is 0 Å². The van der Waals surface area contributed by atoms with Gasteiger partial charge in [-0.05, 0) is 55.8 Å². The fourth-order valence-electron chi connectivity index (χ4n) is 4.68. The van der Waals surface area contributed by atoms with Gasteiger partial charge in [0, 0.05) is 46.2 Å². The summed E-state index contributed by atoms with van der Waals surface area (Å²) in [4.78, 5) is 19.8. The zero-order valence-corrected chi connectivity index (χ0v) is 21.1. The van der Waals surface area contributed by atoms with E-state index < -0.39 is 5.60 Å². The van der Waals surface area contributed by atoms with E-state index in [4.69, 9.17) is 44.5 Å². The number of pyridine rings is 1. The molecule has 5 rings (SSSR count). The molecule has 0 bridgehead atoms. The van der Waals surface area contributed by atoms with Gasteiger partial charge in [0.15, 0.2) is 0 Å². The summed E-state index contributed by atoms with van der Waals surface area (Å²) < 4.78 is 6.36. The molecule has 1 atom stereocenters. The minimum absolute atomic E-state index is 0.0813. The number of ether oxygens (including phenoxy) is 1. The van der Waals surface area contributed by atoms with Gasteiger partial charge in [-0.3, -0.25) is 4.79 Å². The Labute approximate surface area is 214 Å². The maximum atomic E-state index is 12.8. The Hall–Kier alpha value is -2.31. The SMILES string of the molecule is CC1(C)CC(N2CCNCC2=O)c2cc(-c3ccc(Cl)cc3)c(-c3ccc(Cl)cc3Cl)nc2O1. The molecule has 0 aliphatic carbocycles. The highest BCUT2D eigenvalue weighted by molar-refractivity contribution is 6.36. The summed E-state index contributed by atoms with van der Waals surface area (Å²) >= 11 is 18.9. The summed E-state index contributed by atoms with van der Waals surface area (Å²) in [5, 5.41) is 4.85. The van der Waals surface area contributed by atoms with Crippen molar-refractivity contribution in [1.82, 2.24) is 15.2 Å². The summed E-state index contributed by atoms with van der Waals surface area (Å²) in [6, 6.07) is 14.9. The van der Waals surface area contributed by atoms with Crippen molar-refractivity contribution >= 4 is 40.7 Å². The van der Waals surface area contributed by atoms with Crippen molar-refractivity contribution in [2.45, 2.75) is 31.9 Å². The Morgan fingerprint density at radius 2 is 1.76 bits per heavy atom. The van der Waals surface area contributed by atoms with Gasteiger partial charge in [-0.15, -0.1) is 0 Å². The van der Waals surface area contributed by atoms with Gasteiger partial charge in [0.05, 0.1) is 23.3 Å². The molecule has 2 aromatic carbocycles. The molecular weight excluding hydrogens is 493 g/mol. The van der Waals surface area contributed by atoms with Crippen LogP contribution in [-0.4, -0.2) is 41.0 Å². The number of hydrogen-bond acceptors (Lipinski definition) is 4. The molecule has 5 nitrogen and oxygen atoms in total. The van der Waals surface area contributed by atoms with Crippen LogP contribution in [0, 0.1) is 0 Å². The number of amides is 1. The predicted molar refractivity (Wildman–Crippen MR) is 137 cm³/mol. The summed E-state index contributed by atoms with van der Waals surface area (Å²) in [6.07, 6.45) is 0.675. The molecule has 176 valence electrons. The summed E-state index contributed by atoms with van der Waals surface area (Å²) in [6.45, 7) is 5.79. The highest BCUT2D eigenvalue weighted by Gasteiger charge is 2.40. The number of fused-ring (bicyclic) bond motifs is 1. The molecule has 1 amide bonds. The van der Waals surface area contributed by atoms with Crippen LogP contribution in [0.5, 0.6) is 5.88 Å². The third-order valence-electron chi connectivity index (χ3n) is 6.28. The van der Waals surface area contributed by atoms with Crippen LogP contribution in [0.2, 0.25) is 15.1 Å². The molecule has 3 heterocycles. The number of piperazine rings is 1. The fraction of sp³-hybridized carbons (Fsp3) is 0.308. The fourth-order valence-corrected chi connectivity index (χ4v) is 5.30. The van der Waals surface area contributed by atoms with Crippen LogP contribution in [0.4, 0.5) is 0 Å². The van der Waals surface area contributed by atoms with Gasteiger partial charge < -0.3 is 15.0 Å². The summed E-state index contributed by atoms with van der Waals surface area (Å²) in [5.74, 6) is 0.601. The van der Waals surface area contributed by atoms with E-state index in [2.05, 4.69) is 11.4 Å². The average Bonchev–Trinajstić information content (AvgIpc) is 2.78. The van der Waals surface area contributed by atoms with Crippen molar-refractivity contribution < 1.29 is 9.53 Å². The first-order chi connectivity index (χ1) is 16.2. The second kappa shape index (κ2) is 9.04. The van der Waals surface area contributed by atoms with Crippen molar-refractivity contribution in [2.24, 2.45) is 0 Å². The first-order valence-corrected chi connectivity index (χ1v) is 12.3. The quantitative estimate of drug-likeness (QED) is 0.437. The van der Waals surface area contributed by atoms with Crippen LogP contribution in [0.3, 0.4) is 0 Å². The van der Waals surface area contributed by atoms with Crippen LogP contribution < -0.4 is 10.1 Å². The largest absolute Gasteiger partial charge is 0.471 e. The first-order valence-electron chi connectivity index (χ1n) is 11.2. The Morgan fingerprint density at radius 3 is 2.47 bits per heavy atom. The number of nitrogens with zero attached hydrogens (tertiary/aromatic N) is 2. The van der Waals surface area contributed by atoms with Crippen LogP contribution in [0.15, 0.2) is 48.5 Å². The number of hydrogen-bond donors (Lipinski definition) is 1. The molecule has 34 heavy (non-hydrogen) atoms. The molecule has 0 radical (unpaired) electrons. The van der Waals surface area contributed by atoms with Crippen LogP contribution in [-0.2, 0) is 4.79 Å². The number of nitrogens with one attached hydrogen (secondary N) is 1. The maximum absolute atomic E-state index is 12.8. The highest BCUT2D eigenvalue weighted by atomic mass is 35.5. The molecule has 3 aromatic rings. The van der Waals surface area contributed by atoms with E-state index >= 15 is 0 Å². The second-order valence-electron chi connectivity index (χ2n) is 9.26. The lowest BCUT2D eigenvalue weighted by Crippen LogP contribution is -2.52. The monoisotopic (exact) mass is 515 g/mol. The smallest absolute Gasteiger partial charge is 0.237 e. The van der Waals surface area contributed by atoms with Gasteiger partial charge in [-0.2, -0.15) is 0 Å². The topological polar surface area (TPSA) is 54.5 Å². The number of rotatable bonds is 3. The van der Waals surface area contributed by atoms with E-state index in [1.54, 1.807) is 12.1 Å². The third-order valence-corrected chi connectivity index (χ3v) is 7.08. The number of halogens is 3. The molecule has 0 saturated carbocycles. The molecule has 2 aliphatic heterocycles. The molecule has 1 unspecified atom stereocenters. The second-order valence-corrected chi connectivity index (χ2v) is 10.5. The van der Waals surface area contributed by atoms with Crippen molar-refractivity contribution in [2.75, 3.05) is 19.6 Å². The van der Waals surface area contributed by atoms with Gasteiger partial charge in [-0.1, -0.05) is 46.9 Å². The molecule has 1 saturated heterocycles. The normalized spacial score (nSPS) is 19.5. The number of carbonyl (C=O) groups is 1. The van der Waals surface area contributed by atoms with Gasteiger partial charge >= 0.3 is 0 Å². The zero-order valence-electron chi connectivity index (χ0n) is 18.9. The molecule has 8 heteroatoms. The molecule has 1 aromatic heterocycles. The lowest BCUT2D eigenvalue weighted by Gasteiger charge is -2.43. The molecule has 0 spiro atoms. The number of carbonyl (C=O) groups excluding carboxylic acids is 1.